The average molecular weight is 416 g/mol. The molecule has 7 nitrogen and oxygen atoms in total. The van der Waals surface area contributed by atoms with Crippen LogP contribution in [0.2, 0.25) is 0 Å². The molecule has 0 aliphatic heterocycles. The SMILES string of the molecule is CCCCCc1nc(CCC)nn1Cc1ccc(-c2cccc(-c3nn[nH]n3)c2)cc1. The van der Waals surface area contributed by atoms with E-state index >= 15 is 0 Å². The van der Waals surface area contributed by atoms with Gasteiger partial charge in [0.25, 0.3) is 0 Å². The van der Waals surface area contributed by atoms with E-state index in [9.17, 15) is 0 Å². The number of nitrogens with zero attached hydrogens (tertiary/aromatic N) is 6. The summed E-state index contributed by atoms with van der Waals surface area (Å²) in [5.74, 6) is 2.67. The van der Waals surface area contributed by atoms with Gasteiger partial charge in [0.1, 0.15) is 5.82 Å². The van der Waals surface area contributed by atoms with E-state index in [4.69, 9.17) is 10.1 Å². The molecule has 7 heteroatoms. The summed E-state index contributed by atoms with van der Waals surface area (Å²) in [5.41, 5.74) is 4.45. The van der Waals surface area contributed by atoms with E-state index in [1.807, 2.05) is 12.1 Å². The van der Waals surface area contributed by atoms with Crippen LogP contribution < -0.4 is 0 Å². The highest BCUT2D eigenvalue weighted by Gasteiger charge is 2.11. The second kappa shape index (κ2) is 10.1. The van der Waals surface area contributed by atoms with Crippen LogP contribution in [-0.4, -0.2) is 35.4 Å². The molecule has 0 spiro atoms. The van der Waals surface area contributed by atoms with Crippen LogP contribution in [0.3, 0.4) is 0 Å². The molecule has 4 aromatic rings. The van der Waals surface area contributed by atoms with Gasteiger partial charge in [0.2, 0.25) is 5.82 Å². The normalized spacial score (nSPS) is 11.2. The number of benzene rings is 2. The first kappa shape index (κ1) is 20.9. The van der Waals surface area contributed by atoms with Crippen LogP contribution in [0.1, 0.15) is 56.7 Å². The first-order valence-corrected chi connectivity index (χ1v) is 11.1. The zero-order chi connectivity index (χ0) is 21.5. The second-order valence-corrected chi connectivity index (χ2v) is 7.82. The van der Waals surface area contributed by atoms with Crippen LogP contribution >= 0.6 is 0 Å². The largest absolute Gasteiger partial charge is 0.245 e. The zero-order valence-electron chi connectivity index (χ0n) is 18.3. The van der Waals surface area contributed by atoms with Crippen LogP contribution in [0.25, 0.3) is 22.5 Å². The van der Waals surface area contributed by atoms with Crippen molar-refractivity contribution in [1.29, 1.82) is 0 Å². The third-order valence-electron chi connectivity index (χ3n) is 5.36. The Kier molecular flexibility index (Phi) is 6.82. The maximum Gasteiger partial charge on any atom is 0.204 e. The molecule has 0 saturated heterocycles. The van der Waals surface area contributed by atoms with Crippen LogP contribution in [-0.2, 0) is 19.4 Å². The number of nitrogens with one attached hydrogen (secondary N) is 1. The minimum atomic E-state index is 0.600. The first-order valence-electron chi connectivity index (χ1n) is 11.1. The van der Waals surface area contributed by atoms with Gasteiger partial charge in [0.15, 0.2) is 5.82 Å². The molecule has 160 valence electrons. The molecule has 0 radical (unpaired) electrons. The fourth-order valence-electron chi connectivity index (χ4n) is 3.70. The van der Waals surface area contributed by atoms with E-state index in [1.165, 1.54) is 18.4 Å². The highest BCUT2D eigenvalue weighted by molar-refractivity contribution is 5.70. The summed E-state index contributed by atoms with van der Waals surface area (Å²) in [6, 6.07) is 16.8. The molecule has 0 aliphatic carbocycles. The third-order valence-corrected chi connectivity index (χ3v) is 5.36. The van der Waals surface area contributed by atoms with E-state index in [-0.39, 0.29) is 0 Å². The Morgan fingerprint density at radius 3 is 2.45 bits per heavy atom. The van der Waals surface area contributed by atoms with Gasteiger partial charge in [-0.05, 0) is 40.8 Å². The van der Waals surface area contributed by atoms with Gasteiger partial charge in [-0.3, -0.25) is 0 Å². The number of aromatic amines is 1. The number of aromatic nitrogens is 7. The molecular formula is C24H29N7. The van der Waals surface area contributed by atoms with Crippen LogP contribution in [0.5, 0.6) is 0 Å². The van der Waals surface area contributed by atoms with Crippen molar-refractivity contribution < 1.29 is 0 Å². The van der Waals surface area contributed by atoms with Gasteiger partial charge in [-0.1, -0.05) is 69.2 Å². The maximum atomic E-state index is 4.80. The first-order chi connectivity index (χ1) is 15.3. The predicted molar refractivity (Wildman–Crippen MR) is 121 cm³/mol. The van der Waals surface area contributed by atoms with Crippen molar-refractivity contribution >= 4 is 0 Å². The van der Waals surface area contributed by atoms with Crippen LogP contribution in [0, 0.1) is 0 Å². The molecule has 0 aliphatic rings. The molecule has 2 aromatic carbocycles. The maximum absolute atomic E-state index is 4.80. The third kappa shape index (κ3) is 5.23. The lowest BCUT2D eigenvalue weighted by Gasteiger charge is -2.08. The summed E-state index contributed by atoms with van der Waals surface area (Å²) in [4.78, 5) is 4.80. The highest BCUT2D eigenvalue weighted by Crippen LogP contribution is 2.24. The molecule has 0 saturated carbocycles. The summed E-state index contributed by atoms with van der Waals surface area (Å²) in [5, 5.41) is 19.1. The van der Waals surface area contributed by atoms with Crippen LogP contribution in [0.4, 0.5) is 0 Å². The minimum absolute atomic E-state index is 0.600. The summed E-state index contributed by atoms with van der Waals surface area (Å²) >= 11 is 0. The van der Waals surface area contributed by atoms with Crippen molar-refractivity contribution in [3.05, 3.63) is 65.7 Å². The van der Waals surface area contributed by atoms with E-state index in [1.54, 1.807) is 0 Å². The molecular weight excluding hydrogens is 386 g/mol. The van der Waals surface area contributed by atoms with Gasteiger partial charge >= 0.3 is 0 Å². The van der Waals surface area contributed by atoms with Crippen LogP contribution in [0.15, 0.2) is 48.5 Å². The van der Waals surface area contributed by atoms with Gasteiger partial charge in [0.05, 0.1) is 6.54 Å². The van der Waals surface area contributed by atoms with Crippen molar-refractivity contribution in [3.63, 3.8) is 0 Å². The summed E-state index contributed by atoms with van der Waals surface area (Å²) < 4.78 is 2.09. The molecule has 0 amide bonds. The van der Waals surface area contributed by atoms with Crippen molar-refractivity contribution in [1.82, 2.24) is 35.4 Å². The standard InChI is InChI=1S/C24H29N7/c1-3-5-6-11-23-25-22(8-4-2)28-31(23)17-18-12-14-19(15-13-18)20-9-7-10-21(16-20)24-26-29-30-27-24/h7,9-10,12-16H,3-6,8,11,17H2,1-2H3,(H,26,27,29,30). The average Bonchev–Trinajstić information content (AvgIpc) is 3.46. The summed E-state index contributed by atoms with van der Waals surface area (Å²) in [6.07, 6.45) is 6.60. The summed E-state index contributed by atoms with van der Waals surface area (Å²) in [7, 11) is 0. The molecule has 1 N–H and O–H groups in total. The van der Waals surface area contributed by atoms with Gasteiger partial charge in [-0.2, -0.15) is 10.3 Å². The van der Waals surface area contributed by atoms with Crippen molar-refractivity contribution in [2.24, 2.45) is 0 Å². The van der Waals surface area contributed by atoms with Crippen molar-refractivity contribution in [2.75, 3.05) is 0 Å². The fraction of sp³-hybridized carbons (Fsp3) is 0.375. The number of unbranched alkanes of at least 4 members (excludes halogenated alkanes) is 2. The number of tetrazole rings is 1. The lowest BCUT2D eigenvalue weighted by Crippen LogP contribution is -2.07. The molecule has 2 aromatic heterocycles. The number of hydrogen-bond donors (Lipinski definition) is 1. The smallest absolute Gasteiger partial charge is 0.204 e. The molecule has 2 heterocycles. The quantitative estimate of drug-likeness (QED) is 0.374. The Bertz CT molecular complexity index is 1080. The highest BCUT2D eigenvalue weighted by atomic mass is 15.5. The monoisotopic (exact) mass is 415 g/mol. The number of aryl methyl sites for hydroxylation is 2. The topological polar surface area (TPSA) is 85.2 Å². The second-order valence-electron chi connectivity index (χ2n) is 7.82. The van der Waals surface area contributed by atoms with Crippen molar-refractivity contribution in [2.45, 2.75) is 58.9 Å². The predicted octanol–water partition coefficient (Wildman–Crippen LogP) is 4.86. The Hall–Kier alpha value is -3.35. The molecule has 0 atom stereocenters. The van der Waals surface area contributed by atoms with Gasteiger partial charge in [-0.15, -0.1) is 10.2 Å². The van der Waals surface area contributed by atoms with E-state index in [0.717, 1.165) is 60.6 Å². The Morgan fingerprint density at radius 2 is 1.71 bits per heavy atom. The summed E-state index contributed by atoms with van der Waals surface area (Å²) in [6.45, 7) is 5.15. The number of H-pyrrole nitrogens is 1. The van der Waals surface area contributed by atoms with Gasteiger partial charge in [-0.25, -0.2) is 9.67 Å². The molecule has 0 unspecified atom stereocenters. The van der Waals surface area contributed by atoms with E-state index < -0.39 is 0 Å². The number of hydrogen-bond acceptors (Lipinski definition) is 5. The van der Waals surface area contributed by atoms with E-state index in [0.29, 0.717) is 5.82 Å². The Morgan fingerprint density at radius 1 is 0.871 bits per heavy atom. The van der Waals surface area contributed by atoms with Gasteiger partial charge < -0.3 is 0 Å². The molecule has 0 fully saturated rings. The Balaban J connectivity index is 1.51. The Labute approximate surface area is 182 Å². The van der Waals surface area contributed by atoms with E-state index in [2.05, 4.69) is 75.6 Å². The molecule has 4 rings (SSSR count). The minimum Gasteiger partial charge on any atom is -0.245 e. The lowest BCUT2D eigenvalue weighted by molar-refractivity contribution is 0.603. The number of rotatable bonds is 10. The zero-order valence-corrected chi connectivity index (χ0v) is 18.3. The fourth-order valence-corrected chi connectivity index (χ4v) is 3.70. The van der Waals surface area contributed by atoms with Gasteiger partial charge in [0, 0.05) is 18.4 Å². The van der Waals surface area contributed by atoms with Crippen molar-refractivity contribution in [3.8, 4) is 22.5 Å². The molecule has 31 heavy (non-hydrogen) atoms. The molecule has 0 bridgehead atoms. The lowest BCUT2D eigenvalue weighted by atomic mass is 10.0.